The molecule has 7 N–H and O–H groups in total. The predicted octanol–water partition coefficient (Wildman–Crippen LogP) is 0.800. The van der Waals surface area contributed by atoms with Crippen molar-refractivity contribution in [3.8, 4) is 0 Å². The molecule has 224 valence electrons. The van der Waals surface area contributed by atoms with Gasteiger partial charge in [0.1, 0.15) is 12.1 Å². The summed E-state index contributed by atoms with van der Waals surface area (Å²) in [5.74, 6) is -3.22. The van der Waals surface area contributed by atoms with E-state index in [-0.39, 0.29) is 31.8 Å². The van der Waals surface area contributed by atoms with E-state index >= 15 is 0 Å². The quantitative estimate of drug-likeness (QED) is 0.112. The molecule has 4 amide bonds. The van der Waals surface area contributed by atoms with Gasteiger partial charge in [-0.3, -0.25) is 19.2 Å². The highest BCUT2D eigenvalue weighted by atomic mass is 16.4. The third-order valence-electron chi connectivity index (χ3n) is 6.85. The first-order valence-corrected chi connectivity index (χ1v) is 14.4. The molecule has 0 radical (unpaired) electrons. The Labute approximate surface area is 231 Å². The summed E-state index contributed by atoms with van der Waals surface area (Å²) >= 11 is 0. The molecule has 1 aliphatic rings. The number of aliphatic hydroxyl groups is 1. The van der Waals surface area contributed by atoms with Crippen LogP contribution in [-0.2, 0) is 24.0 Å². The highest BCUT2D eigenvalue weighted by Gasteiger charge is 2.39. The maximum Gasteiger partial charge on any atom is 0.326 e. The standard InChI is InChI=1S/C27H49N5O7/c1-2-3-4-5-6-7-8-9-10-14-23(34)29-17-24(35)30-18-25(36)32-19-20(33)16-22(32)26(37)31-21(27(38)39)13-11-12-15-28/h20-22,33H,2-19,28H2,1H3,(H,29,34)(H,30,35)(H,31,37)(H,38,39)/t20?,21-,22?/m0/s1. The molecule has 1 fully saturated rings. The molecule has 0 spiro atoms. The Bertz CT molecular complexity index is 780. The monoisotopic (exact) mass is 555 g/mol. The van der Waals surface area contributed by atoms with E-state index in [0.29, 0.717) is 25.8 Å². The summed E-state index contributed by atoms with van der Waals surface area (Å²) in [5.41, 5.74) is 5.43. The Balaban J connectivity index is 2.34. The summed E-state index contributed by atoms with van der Waals surface area (Å²) < 4.78 is 0. The van der Waals surface area contributed by atoms with Crippen LogP contribution in [0.15, 0.2) is 0 Å². The number of nitrogens with one attached hydrogen (secondary N) is 3. The molecular weight excluding hydrogens is 506 g/mol. The van der Waals surface area contributed by atoms with Crippen LogP contribution < -0.4 is 21.7 Å². The van der Waals surface area contributed by atoms with Gasteiger partial charge in [0.05, 0.1) is 19.2 Å². The van der Waals surface area contributed by atoms with Crippen molar-refractivity contribution in [3.63, 3.8) is 0 Å². The molecule has 3 atom stereocenters. The Morgan fingerprint density at radius 3 is 2.10 bits per heavy atom. The van der Waals surface area contributed by atoms with Gasteiger partial charge in [-0.2, -0.15) is 0 Å². The Hall–Kier alpha value is -2.73. The number of aliphatic hydroxyl groups excluding tert-OH is 1. The number of nitrogens with two attached hydrogens (primary N) is 1. The van der Waals surface area contributed by atoms with Crippen LogP contribution in [0.3, 0.4) is 0 Å². The topological polar surface area (TPSA) is 191 Å². The van der Waals surface area contributed by atoms with E-state index in [1.165, 1.54) is 38.5 Å². The number of rotatable bonds is 21. The Morgan fingerprint density at radius 2 is 1.49 bits per heavy atom. The Kier molecular flexibility index (Phi) is 17.8. The third-order valence-corrected chi connectivity index (χ3v) is 6.85. The fraction of sp³-hybridized carbons (Fsp3) is 0.815. The van der Waals surface area contributed by atoms with Crippen molar-refractivity contribution in [1.82, 2.24) is 20.9 Å². The SMILES string of the molecule is CCCCCCCCCCCC(=O)NCC(=O)NCC(=O)N1CC(O)CC1C(=O)N[C@@H](CCCCN)C(=O)O. The number of β-amino-alcohol motifs (C(OH)–C–C–N with tert-alkyl or cyclic N) is 1. The second kappa shape index (κ2) is 20.2. The summed E-state index contributed by atoms with van der Waals surface area (Å²) in [6.07, 6.45) is 11.0. The number of hydrogen-bond acceptors (Lipinski definition) is 7. The minimum atomic E-state index is -1.19. The molecule has 39 heavy (non-hydrogen) atoms. The maximum absolute atomic E-state index is 12.7. The number of amides is 4. The van der Waals surface area contributed by atoms with Crippen molar-refractivity contribution >= 4 is 29.6 Å². The van der Waals surface area contributed by atoms with Gasteiger partial charge < -0.3 is 36.8 Å². The number of unbranched alkanes of at least 4 members (excludes halogenated alkanes) is 9. The number of nitrogens with zero attached hydrogens (tertiary/aromatic N) is 1. The fourth-order valence-corrected chi connectivity index (χ4v) is 4.56. The highest BCUT2D eigenvalue weighted by molar-refractivity contribution is 5.93. The molecule has 0 bridgehead atoms. The zero-order chi connectivity index (χ0) is 29.0. The van der Waals surface area contributed by atoms with Crippen molar-refractivity contribution in [1.29, 1.82) is 0 Å². The van der Waals surface area contributed by atoms with E-state index < -0.39 is 48.4 Å². The zero-order valence-electron chi connectivity index (χ0n) is 23.4. The van der Waals surface area contributed by atoms with Gasteiger partial charge in [0.2, 0.25) is 23.6 Å². The van der Waals surface area contributed by atoms with Gasteiger partial charge in [-0.15, -0.1) is 0 Å². The molecule has 1 heterocycles. The van der Waals surface area contributed by atoms with Gasteiger partial charge in [-0.05, 0) is 32.2 Å². The first-order chi connectivity index (χ1) is 18.7. The van der Waals surface area contributed by atoms with Crippen molar-refractivity contribution in [2.45, 2.75) is 115 Å². The van der Waals surface area contributed by atoms with Crippen LogP contribution in [0.5, 0.6) is 0 Å². The predicted molar refractivity (Wildman–Crippen MR) is 146 cm³/mol. The average Bonchev–Trinajstić information content (AvgIpc) is 3.30. The number of carbonyl (C=O) groups is 5. The second-order valence-corrected chi connectivity index (χ2v) is 10.3. The van der Waals surface area contributed by atoms with Gasteiger partial charge in [-0.25, -0.2) is 4.79 Å². The molecule has 12 heteroatoms. The van der Waals surface area contributed by atoms with Crippen LogP contribution >= 0.6 is 0 Å². The molecular formula is C27H49N5O7. The number of carboxylic acids is 1. The van der Waals surface area contributed by atoms with E-state index in [1.807, 2.05) is 0 Å². The third kappa shape index (κ3) is 14.9. The lowest BCUT2D eigenvalue weighted by Crippen LogP contribution is -2.52. The molecule has 0 saturated carbocycles. The molecule has 2 unspecified atom stereocenters. The molecule has 0 aromatic carbocycles. The highest BCUT2D eigenvalue weighted by Crippen LogP contribution is 2.19. The van der Waals surface area contributed by atoms with E-state index in [1.54, 1.807) is 0 Å². The van der Waals surface area contributed by atoms with Crippen LogP contribution in [-0.4, -0.2) is 89.1 Å². The van der Waals surface area contributed by atoms with Gasteiger partial charge in [0.15, 0.2) is 0 Å². The molecule has 0 aromatic heterocycles. The maximum atomic E-state index is 12.7. The minimum Gasteiger partial charge on any atom is -0.480 e. The number of carboxylic acid groups (broad SMARTS) is 1. The van der Waals surface area contributed by atoms with Crippen molar-refractivity contribution < 1.29 is 34.2 Å². The molecule has 1 aliphatic heterocycles. The molecule has 1 rings (SSSR count). The lowest BCUT2D eigenvalue weighted by Gasteiger charge is -2.25. The lowest BCUT2D eigenvalue weighted by atomic mass is 10.1. The summed E-state index contributed by atoms with van der Waals surface area (Å²) in [6, 6.07) is -2.17. The number of aliphatic carboxylic acids is 1. The molecule has 0 aromatic rings. The van der Waals surface area contributed by atoms with E-state index in [9.17, 15) is 34.2 Å². The number of carbonyl (C=O) groups excluding carboxylic acids is 4. The summed E-state index contributed by atoms with van der Waals surface area (Å²) in [6.45, 7) is 1.82. The molecule has 1 saturated heterocycles. The van der Waals surface area contributed by atoms with E-state index in [0.717, 1.165) is 24.2 Å². The van der Waals surface area contributed by atoms with Crippen LogP contribution in [0.25, 0.3) is 0 Å². The van der Waals surface area contributed by atoms with Crippen LogP contribution in [0, 0.1) is 0 Å². The first kappa shape index (κ1) is 34.3. The average molecular weight is 556 g/mol. The lowest BCUT2D eigenvalue weighted by molar-refractivity contribution is -0.144. The minimum absolute atomic E-state index is 0.0322. The second-order valence-electron chi connectivity index (χ2n) is 10.3. The Morgan fingerprint density at radius 1 is 0.872 bits per heavy atom. The van der Waals surface area contributed by atoms with Crippen molar-refractivity contribution in [3.05, 3.63) is 0 Å². The molecule has 0 aliphatic carbocycles. The van der Waals surface area contributed by atoms with Crippen molar-refractivity contribution in [2.24, 2.45) is 5.73 Å². The first-order valence-electron chi connectivity index (χ1n) is 14.4. The zero-order valence-corrected chi connectivity index (χ0v) is 23.4. The smallest absolute Gasteiger partial charge is 0.326 e. The molecule has 12 nitrogen and oxygen atoms in total. The van der Waals surface area contributed by atoms with Gasteiger partial charge >= 0.3 is 5.97 Å². The number of hydrogen-bond donors (Lipinski definition) is 6. The van der Waals surface area contributed by atoms with E-state index in [4.69, 9.17) is 5.73 Å². The van der Waals surface area contributed by atoms with E-state index in [2.05, 4.69) is 22.9 Å². The summed E-state index contributed by atoms with van der Waals surface area (Å²) in [4.78, 5) is 62.2. The van der Waals surface area contributed by atoms with Gasteiger partial charge in [-0.1, -0.05) is 58.3 Å². The summed E-state index contributed by atoms with van der Waals surface area (Å²) in [5, 5.41) is 26.8. The fourth-order valence-electron chi connectivity index (χ4n) is 4.56. The van der Waals surface area contributed by atoms with Gasteiger partial charge in [0, 0.05) is 19.4 Å². The normalized spacial score (nSPS) is 17.5. The van der Waals surface area contributed by atoms with Crippen LogP contribution in [0.4, 0.5) is 0 Å². The summed E-state index contributed by atoms with van der Waals surface area (Å²) in [7, 11) is 0. The largest absolute Gasteiger partial charge is 0.480 e. The van der Waals surface area contributed by atoms with Crippen LogP contribution in [0.1, 0.15) is 96.8 Å². The van der Waals surface area contributed by atoms with Crippen molar-refractivity contribution in [2.75, 3.05) is 26.2 Å². The van der Waals surface area contributed by atoms with Gasteiger partial charge in [0.25, 0.3) is 0 Å². The number of likely N-dealkylation sites (tertiary alicyclic amines) is 1. The van der Waals surface area contributed by atoms with Crippen LogP contribution in [0.2, 0.25) is 0 Å².